The molecule has 8 heteroatoms. The average molecular weight is 413 g/mol. The molecule has 0 radical (unpaired) electrons. The lowest BCUT2D eigenvalue weighted by Gasteiger charge is -2.11. The number of rotatable bonds is 6. The molecule has 6 nitrogen and oxygen atoms in total. The topological polar surface area (TPSA) is 84.5 Å². The average Bonchev–Trinajstić information content (AvgIpc) is 2.54. The van der Waals surface area contributed by atoms with Crippen molar-refractivity contribution in [1.82, 2.24) is 10.3 Å². The number of hydrazine groups is 1. The van der Waals surface area contributed by atoms with Gasteiger partial charge in [-0.1, -0.05) is 34.1 Å². The molecule has 0 aliphatic carbocycles. The van der Waals surface area contributed by atoms with Crippen LogP contribution < -0.4 is 15.0 Å². The van der Waals surface area contributed by atoms with Crippen molar-refractivity contribution in [2.24, 2.45) is 0 Å². The van der Waals surface area contributed by atoms with Crippen molar-refractivity contribution in [3.05, 3.63) is 58.1 Å². The zero-order valence-electron chi connectivity index (χ0n) is 13.2. The third-order valence-electron chi connectivity index (χ3n) is 3.13. The number of amides is 1. The number of ether oxygens (including phenoxy) is 1. The van der Waals surface area contributed by atoms with Gasteiger partial charge >= 0.3 is 0 Å². The molecule has 0 aliphatic rings. The first kappa shape index (κ1) is 18.4. The van der Waals surface area contributed by atoms with Crippen molar-refractivity contribution in [2.75, 3.05) is 6.61 Å². The van der Waals surface area contributed by atoms with Crippen molar-refractivity contribution in [3.8, 4) is 5.75 Å². The van der Waals surface area contributed by atoms with E-state index < -0.39 is 15.9 Å². The first-order valence-electron chi connectivity index (χ1n) is 7.04. The zero-order valence-corrected chi connectivity index (χ0v) is 15.6. The number of aryl methyl sites for hydroxylation is 2. The van der Waals surface area contributed by atoms with Gasteiger partial charge in [0.1, 0.15) is 5.75 Å². The van der Waals surface area contributed by atoms with E-state index in [2.05, 4.69) is 21.4 Å². The number of hydrogen-bond acceptors (Lipinski definition) is 4. The smallest absolute Gasteiger partial charge is 0.272 e. The van der Waals surface area contributed by atoms with E-state index >= 15 is 0 Å². The molecule has 24 heavy (non-hydrogen) atoms. The highest BCUT2D eigenvalue weighted by Crippen LogP contribution is 2.19. The molecule has 2 rings (SSSR count). The molecule has 0 fully saturated rings. The molecule has 0 spiro atoms. The fourth-order valence-corrected chi connectivity index (χ4v) is 3.32. The number of hydrogen-bond donors (Lipinski definition) is 2. The van der Waals surface area contributed by atoms with E-state index in [1.165, 1.54) is 12.1 Å². The number of carbonyl (C=O) groups excluding carboxylic acids is 1. The predicted octanol–water partition coefficient (Wildman–Crippen LogP) is 2.45. The molecule has 0 heterocycles. The molecular formula is C16H17BrN2O4S. The van der Waals surface area contributed by atoms with Crippen LogP contribution in [0.15, 0.2) is 51.8 Å². The minimum atomic E-state index is -3.84. The maximum Gasteiger partial charge on any atom is 0.272 e. The maximum absolute atomic E-state index is 12.1. The van der Waals surface area contributed by atoms with E-state index in [9.17, 15) is 13.2 Å². The van der Waals surface area contributed by atoms with Gasteiger partial charge in [0.15, 0.2) is 6.61 Å². The summed E-state index contributed by atoms with van der Waals surface area (Å²) in [6, 6.07) is 11.8. The van der Waals surface area contributed by atoms with Crippen LogP contribution in [0.25, 0.3) is 0 Å². The lowest BCUT2D eigenvalue weighted by atomic mass is 10.1. The van der Waals surface area contributed by atoms with Crippen LogP contribution >= 0.6 is 15.9 Å². The first-order chi connectivity index (χ1) is 11.3. The fourth-order valence-electron chi connectivity index (χ4n) is 1.86. The van der Waals surface area contributed by atoms with E-state index in [-0.39, 0.29) is 11.5 Å². The normalized spacial score (nSPS) is 11.1. The molecule has 2 aromatic carbocycles. The Hall–Kier alpha value is -1.90. The summed E-state index contributed by atoms with van der Waals surface area (Å²) in [5.41, 5.74) is 4.03. The Morgan fingerprint density at radius 2 is 1.92 bits per heavy atom. The van der Waals surface area contributed by atoms with Gasteiger partial charge in [0.2, 0.25) is 0 Å². The van der Waals surface area contributed by atoms with Gasteiger partial charge in [-0.25, -0.2) is 8.42 Å². The van der Waals surface area contributed by atoms with Gasteiger partial charge in [0.05, 0.1) is 4.90 Å². The van der Waals surface area contributed by atoms with Gasteiger partial charge in [-0.3, -0.25) is 10.2 Å². The van der Waals surface area contributed by atoms with Crippen LogP contribution in [0.3, 0.4) is 0 Å². The number of carbonyl (C=O) groups is 1. The fraction of sp³-hybridized carbons (Fsp3) is 0.188. The quantitative estimate of drug-likeness (QED) is 0.713. The van der Waals surface area contributed by atoms with Gasteiger partial charge < -0.3 is 4.74 Å². The Kier molecular flexibility index (Phi) is 5.98. The molecular weight excluding hydrogens is 396 g/mol. The van der Waals surface area contributed by atoms with Crippen LogP contribution in [0.4, 0.5) is 0 Å². The van der Waals surface area contributed by atoms with E-state index in [4.69, 9.17) is 4.74 Å². The third-order valence-corrected chi connectivity index (χ3v) is 4.87. The lowest BCUT2D eigenvalue weighted by molar-refractivity contribution is -0.123. The van der Waals surface area contributed by atoms with Gasteiger partial charge in [0, 0.05) is 4.47 Å². The summed E-state index contributed by atoms with van der Waals surface area (Å²) in [4.78, 5) is 13.9. The molecule has 0 unspecified atom stereocenters. The van der Waals surface area contributed by atoms with Crippen molar-refractivity contribution in [3.63, 3.8) is 0 Å². The molecule has 0 saturated carbocycles. The Bertz CT molecular complexity index is 853. The summed E-state index contributed by atoms with van der Waals surface area (Å²) in [6.45, 7) is 3.48. The highest BCUT2D eigenvalue weighted by molar-refractivity contribution is 9.10. The number of halogens is 1. The van der Waals surface area contributed by atoms with Crippen LogP contribution in [0.1, 0.15) is 11.1 Å². The Labute approximate surface area is 149 Å². The summed E-state index contributed by atoms with van der Waals surface area (Å²) >= 11 is 3.20. The minimum absolute atomic E-state index is 0.0348. The SMILES string of the molecule is Cc1ccc(C)c(OCC(=O)NNS(=O)(=O)c2cccc(Br)c2)c1. The monoisotopic (exact) mass is 412 g/mol. The molecule has 0 aliphatic heterocycles. The molecule has 0 atom stereocenters. The molecule has 1 amide bonds. The Balaban J connectivity index is 1.92. The molecule has 128 valence electrons. The molecule has 2 aromatic rings. The summed E-state index contributed by atoms with van der Waals surface area (Å²) in [6.07, 6.45) is 0. The molecule has 2 N–H and O–H groups in total. The second kappa shape index (κ2) is 7.78. The highest BCUT2D eigenvalue weighted by Gasteiger charge is 2.15. The summed E-state index contributed by atoms with van der Waals surface area (Å²) in [7, 11) is -3.84. The van der Waals surface area contributed by atoms with Crippen LogP contribution in [-0.2, 0) is 14.8 Å². The van der Waals surface area contributed by atoms with E-state index in [1.807, 2.05) is 36.9 Å². The Morgan fingerprint density at radius 1 is 1.17 bits per heavy atom. The molecule has 0 aromatic heterocycles. The lowest BCUT2D eigenvalue weighted by Crippen LogP contribution is -2.43. The Morgan fingerprint density at radius 3 is 2.62 bits per heavy atom. The van der Waals surface area contributed by atoms with Gasteiger partial charge in [-0.15, -0.1) is 4.83 Å². The van der Waals surface area contributed by atoms with Crippen LogP contribution in [-0.4, -0.2) is 20.9 Å². The van der Waals surface area contributed by atoms with Gasteiger partial charge in [-0.05, 0) is 49.2 Å². The second-order valence-electron chi connectivity index (χ2n) is 5.17. The zero-order chi connectivity index (χ0) is 17.7. The molecule has 0 saturated heterocycles. The maximum atomic E-state index is 12.1. The van der Waals surface area contributed by atoms with Gasteiger partial charge in [0.25, 0.3) is 15.9 Å². The van der Waals surface area contributed by atoms with Crippen LogP contribution in [0, 0.1) is 13.8 Å². The number of benzene rings is 2. The van der Waals surface area contributed by atoms with Crippen molar-refractivity contribution < 1.29 is 17.9 Å². The van der Waals surface area contributed by atoms with Crippen molar-refractivity contribution >= 4 is 31.9 Å². The molecule has 0 bridgehead atoms. The van der Waals surface area contributed by atoms with Crippen LogP contribution in [0.2, 0.25) is 0 Å². The minimum Gasteiger partial charge on any atom is -0.483 e. The summed E-state index contributed by atoms with van der Waals surface area (Å²) in [5.74, 6) is -0.0190. The van der Waals surface area contributed by atoms with Crippen molar-refractivity contribution in [2.45, 2.75) is 18.7 Å². The van der Waals surface area contributed by atoms with E-state index in [1.54, 1.807) is 12.1 Å². The van der Waals surface area contributed by atoms with E-state index in [0.717, 1.165) is 11.1 Å². The largest absolute Gasteiger partial charge is 0.483 e. The third kappa shape index (κ3) is 5.05. The second-order valence-corrected chi connectivity index (χ2v) is 7.77. The summed E-state index contributed by atoms with van der Waals surface area (Å²) in [5, 5.41) is 0. The van der Waals surface area contributed by atoms with Gasteiger partial charge in [-0.2, -0.15) is 0 Å². The van der Waals surface area contributed by atoms with E-state index in [0.29, 0.717) is 10.2 Å². The number of sulfonamides is 1. The first-order valence-corrected chi connectivity index (χ1v) is 9.32. The summed E-state index contributed by atoms with van der Waals surface area (Å²) < 4.78 is 30.2. The number of nitrogens with one attached hydrogen (secondary N) is 2. The standard InChI is InChI=1S/C16H17BrN2O4S/c1-11-6-7-12(2)15(8-11)23-10-16(20)18-19-24(21,22)14-5-3-4-13(17)9-14/h3-9,19H,10H2,1-2H3,(H,18,20). The van der Waals surface area contributed by atoms with Crippen LogP contribution in [0.5, 0.6) is 5.75 Å². The van der Waals surface area contributed by atoms with Crippen molar-refractivity contribution in [1.29, 1.82) is 0 Å². The predicted molar refractivity (Wildman–Crippen MR) is 94.0 cm³/mol. The highest BCUT2D eigenvalue weighted by atomic mass is 79.9.